The van der Waals surface area contributed by atoms with Gasteiger partial charge in [-0.05, 0) is 27.7 Å². The summed E-state index contributed by atoms with van der Waals surface area (Å²) in [5, 5.41) is 0. The van der Waals surface area contributed by atoms with Crippen LogP contribution in [0, 0.1) is 0 Å². The third kappa shape index (κ3) is 5.25. The molecule has 0 aliphatic heterocycles. The van der Waals surface area contributed by atoms with Crippen LogP contribution in [0.3, 0.4) is 0 Å². The average molecular weight is 212 g/mol. The van der Waals surface area contributed by atoms with Gasteiger partial charge in [-0.15, -0.1) is 0 Å². The van der Waals surface area contributed by atoms with Crippen molar-refractivity contribution in [3.63, 3.8) is 0 Å². The fourth-order valence-electron chi connectivity index (χ4n) is 0.274. The predicted octanol–water partition coefficient (Wildman–Crippen LogP) is 2.66. The maximum Gasteiger partial charge on any atom is 0.0311 e. The number of rotatable bonds is 4. The lowest BCUT2D eigenvalue weighted by Gasteiger charge is -2.25. The van der Waals surface area contributed by atoms with E-state index in [0.717, 1.165) is 0 Å². The van der Waals surface area contributed by atoms with Crippen molar-refractivity contribution in [3.8, 4) is 0 Å². The van der Waals surface area contributed by atoms with Gasteiger partial charge in [-0.2, -0.15) is 7.42 Å². The zero-order chi connectivity index (χ0) is 9.02. The molecule has 2 nitrogen and oxygen atoms in total. The molecule has 0 aliphatic carbocycles. The molecule has 0 aromatic heterocycles. The van der Waals surface area contributed by atoms with Gasteiger partial charge < -0.3 is 0 Å². The van der Waals surface area contributed by atoms with E-state index in [1.165, 1.54) is 12.1 Å². The lowest BCUT2D eigenvalue weighted by atomic mass is 10.4. The Labute approximate surface area is 85.1 Å². The molecule has 0 radical (unpaired) electrons. The summed E-state index contributed by atoms with van der Waals surface area (Å²) < 4.78 is 3.74. The fraction of sp³-hybridized carbons (Fsp3) is 1.00. The Morgan fingerprint density at radius 1 is 0.909 bits per heavy atom. The van der Waals surface area contributed by atoms with Crippen LogP contribution >= 0.6 is 37.8 Å². The Kier molecular flexibility index (Phi) is 6.08. The first-order valence-corrected chi connectivity index (χ1v) is 5.12. The minimum absolute atomic E-state index is 0.414. The molecule has 0 rings (SSSR count). The standard InChI is InChI=1S/C6H16N2S3/c1-5(2)7(9)11-8(10)6(3)4/h5-6,9-10H,1-4H3. The van der Waals surface area contributed by atoms with Gasteiger partial charge in [0, 0.05) is 24.2 Å². The highest BCUT2D eigenvalue weighted by molar-refractivity contribution is 8.09. The van der Waals surface area contributed by atoms with Gasteiger partial charge in [0.2, 0.25) is 0 Å². The highest BCUT2D eigenvalue weighted by Gasteiger charge is 2.11. The number of hydrogen-bond donors (Lipinski definition) is 2. The summed E-state index contributed by atoms with van der Waals surface area (Å²) in [6.07, 6.45) is 0. The molecule has 11 heavy (non-hydrogen) atoms. The van der Waals surface area contributed by atoms with Crippen LogP contribution in [0.25, 0.3) is 0 Å². The van der Waals surface area contributed by atoms with E-state index >= 15 is 0 Å². The van der Waals surface area contributed by atoms with E-state index in [1.807, 2.05) is 7.42 Å². The Balaban J connectivity index is 3.66. The summed E-state index contributed by atoms with van der Waals surface area (Å²) >= 11 is 10.0. The Bertz CT molecular complexity index is 96.0. The van der Waals surface area contributed by atoms with Crippen molar-refractivity contribution in [1.29, 1.82) is 0 Å². The molecule has 0 saturated carbocycles. The highest BCUT2D eigenvalue weighted by Crippen LogP contribution is 2.24. The van der Waals surface area contributed by atoms with E-state index in [0.29, 0.717) is 12.1 Å². The van der Waals surface area contributed by atoms with Crippen LogP contribution in [0.4, 0.5) is 0 Å². The molecule has 0 unspecified atom stereocenters. The third-order valence-corrected chi connectivity index (χ3v) is 3.59. The summed E-state index contributed by atoms with van der Waals surface area (Å²) in [6, 6.07) is 0.827. The zero-order valence-corrected chi connectivity index (χ0v) is 9.96. The molecule has 0 aromatic carbocycles. The molecular formula is C6H16N2S3. The zero-order valence-electron chi connectivity index (χ0n) is 7.35. The topological polar surface area (TPSA) is 6.48 Å². The number of nitrogens with zero attached hydrogens (tertiary/aromatic N) is 2. The second-order valence-corrected chi connectivity index (χ2v) is 5.23. The van der Waals surface area contributed by atoms with E-state index in [2.05, 4.69) is 53.3 Å². The van der Waals surface area contributed by atoms with Gasteiger partial charge >= 0.3 is 0 Å². The second-order valence-electron chi connectivity index (χ2n) is 2.87. The Morgan fingerprint density at radius 3 is 1.36 bits per heavy atom. The molecule has 0 atom stereocenters. The largest absolute Gasteiger partial charge is 0.180 e. The molecule has 0 aromatic rings. The van der Waals surface area contributed by atoms with Crippen molar-refractivity contribution in [2.75, 3.05) is 0 Å². The van der Waals surface area contributed by atoms with E-state index in [4.69, 9.17) is 0 Å². The summed E-state index contributed by atoms with van der Waals surface area (Å²) in [7, 11) is 0. The maximum absolute atomic E-state index is 4.26. The third-order valence-electron chi connectivity index (χ3n) is 1.05. The molecular weight excluding hydrogens is 196 g/mol. The number of thiol groups is 2. The van der Waals surface area contributed by atoms with Gasteiger partial charge in [-0.25, -0.2) is 0 Å². The highest BCUT2D eigenvalue weighted by atomic mass is 32.2. The molecule has 0 N–H and O–H groups in total. The quantitative estimate of drug-likeness (QED) is 0.547. The van der Waals surface area contributed by atoms with Crippen molar-refractivity contribution in [2.24, 2.45) is 0 Å². The van der Waals surface area contributed by atoms with Gasteiger partial charge in [0.05, 0.1) is 0 Å². The minimum Gasteiger partial charge on any atom is -0.180 e. The van der Waals surface area contributed by atoms with Crippen molar-refractivity contribution in [1.82, 2.24) is 7.42 Å². The molecule has 0 aliphatic rings. The van der Waals surface area contributed by atoms with Gasteiger partial charge in [-0.3, -0.25) is 0 Å². The molecule has 0 spiro atoms. The van der Waals surface area contributed by atoms with Crippen LogP contribution in [-0.4, -0.2) is 19.5 Å². The second kappa shape index (κ2) is 5.59. The van der Waals surface area contributed by atoms with E-state index in [9.17, 15) is 0 Å². The number of hydrogen-bond acceptors (Lipinski definition) is 5. The summed E-state index contributed by atoms with van der Waals surface area (Å²) in [5.41, 5.74) is 0. The molecule has 0 heterocycles. The average Bonchev–Trinajstić information content (AvgIpc) is 1.87. The molecule has 0 bridgehead atoms. The van der Waals surface area contributed by atoms with Crippen LogP contribution in [0.5, 0.6) is 0 Å². The minimum atomic E-state index is 0.414. The van der Waals surface area contributed by atoms with Crippen molar-refractivity contribution in [3.05, 3.63) is 0 Å². The molecule has 5 heteroatoms. The van der Waals surface area contributed by atoms with Gasteiger partial charge in [0.15, 0.2) is 0 Å². The summed E-state index contributed by atoms with van der Waals surface area (Å²) in [5.74, 6) is 0. The first kappa shape index (κ1) is 12.0. The van der Waals surface area contributed by atoms with Gasteiger partial charge in [0.1, 0.15) is 0 Å². The van der Waals surface area contributed by atoms with Crippen molar-refractivity contribution in [2.45, 2.75) is 39.8 Å². The predicted molar refractivity (Wildman–Crippen MR) is 59.5 cm³/mol. The van der Waals surface area contributed by atoms with Crippen molar-refractivity contribution >= 4 is 37.8 Å². The van der Waals surface area contributed by atoms with Gasteiger partial charge in [-0.1, -0.05) is 25.6 Å². The Morgan fingerprint density at radius 2 is 1.18 bits per heavy atom. The lowest BCUT2D eigenvalue weighted by Crippen LogP contribution is -2.22. The maximum atomic E-state index is 4.26. The fourth-order valence-corrected chi connectivity index (χ4v) is 1.47. The Hall–Kier alpha value is 0.970. The lowest BCUT2D eigenvalue weighted by molar-refractivity contribution is 0.551. The van der Waals surface area contributed by atoms with Crippen LogP contribution in [0.15, 0.2) is 0 Å². The van der Waals surface area contributed by atoms with Crippen molar-refractivity contribution < 1.29 is 0 Å². The first-order chi connectivity index (χ1) is 4.95. The molecule has 68 valence electrons. The summed E-state index contributed by atoms with van der Waals surface area (Å²) in [6.45, 7) is 8.34. The van der Waals surface area contributed by atoms with Crippen LogP contribution in [0.1, 0.15) is 27.7 Å². The molecule has 0 amide bonds. The smallest absolute Gasteiger partial charge is 0.0311 e. The monoisotopic (exact) mass is 212 g/mol. The van der Waals surface area contributed by atoms with E-state index < -0.39 is 0 Å². The normalized spacial score (nSPS) is 12.5. The molecule has 0 fully saturated rings. The van der Waals surface area contributed by atoms with Crippen LogP contribution in [0.2, 0.25) is 0 Å². The van der Waals surface area contributed by atoms with E-state index in [-0.39, 0.29) is 0 Å². The van der Waals surface area contributed by atoms with Gasteiger partial charge in [0.25, 0.3) is 0 Å². The van der Waals surface area contributed by atoms with Crippen LogP contribution < -0.4 is 0 Å². The van der Waals surface area contributed by atoms with Crippen LogP contribution in [-0.2, 0) is 0 Å². The van der Waals surface area contributed by atoms with E-state index in [1.54, 1.807) is 0 Å². The first-order valence-electron chi connectivity index (χ1n) is 3.59. The SMILES string of the molecule is CC(C)N(S)SN(S)C(C)C. The summed E-state index contributed by atoms with van der Waals surface area (Å²) in [4.78, 5) is 0. The molecule has 0 saturated heterocycles.